The number of hydrogen-bond donors (Lipinski definition) is 1. The monoisotopic (exact) mass is 309 g/mol. The Morgan fingerprint density at radius 2 is 1.91 bits per heavy atom. The molecule has 0 bridgehead atoms. The number of rotatable bonds is 2. The maximum Gasteiger partial charge on any atom is 0.262 e. The van der Waals surface area contributed by atoms with Gasteiger partial charge in [0, 0.05) is 38.3 Å². The van der Waals surface area contributed by atoms with E-state index in [4.69, 9.17) is 0 Å². The fourth-order valence-corrected chi connectivity index (χ4v) is 3.20. The van der Waals surface area contributed by atoms with Gasteiger partial charge in [0.05, 0.1) is 12.6 Å². The highest BCUT2D eigenvalue weighted by molar-refractivity contribution is 5.82. The van der Waals surface area contributed by atoms with Gasteiger partial charge in [-0.2, -0.15) is 0 Å². The van der Waals surface area contributed by atoms with Crippen LogP contribution >= 0.6 is 0 Å². The first-order chi connectivity index (χ1) is 10.5. The van der Waals surface area contributed by atoms with Crippen molar-refractivity contribution < 1.29 is 13.6 Å². The predicted molar refractivity (Wildman–Crippen MR) is 81.3 cm³/mol. The second-order valence-corrected chi connectivity index (χ2v) is 6.09. The van der Waals surface area contributed by atoms with Crippen LogP contribution in [0.2, 0.25) is 0 Å². The van der Waals surface area contributed by atoms with E-state index in [9.17, 15) is 13.6 Å². The third kappa shape index (κ3) is 3.06. The minimum atomic E-state index is -2.76. The van der Waals surface area contributed by atoms with E-state index in [0.29, 0.717) is 13.1 Å². The van der Waals surface area contributed by atoms with Gasteiger partial charge in [-0.05, 0) is 18.6 Å². The summed E-state index contributed by atoms with van der Waals surface area (Å²) in [6, 6.07) is 7.41. The number of amides is 1. The van der Waals surface area contributed by atoms with Gasteiger partial charge in [0.2, 0.25) is 5.91 Å². The number of hydrogen-bond acceptors (Lipinski definition) is 3. The molecule has 2 heterocycles. The molecule has 2 aliphatic heterocycles. The van der Waals surface area contributed by atoms with Crippen LogP contribution in [0.5, 0.6) is 0 Å². The normalized spacial score (nSPS) is 24.6. The number of alkyl halides is 2. The van der Waals surface area contributed by atoms with Crippen LogP contribution in [0.25, 0.3) is 0 Å². The molecule has 1 aromatic rings. The van der Waals surface area contributed by atoms with Crippen LogP contribution in [0.4, 0.5) is 14.5 Å². The maximum atomic E-state index is 13.2. The van der Waals surface area contributed by atoms with Crippen LogP contribution < -0.4 is 10.2 Å². The van der Waals surface area contributed by atoms with Gasteiger partial charge in [0.25, 0.3) is 5.92 Å². The number of benzene rings is 1. The summed E-state index contributed by atoms with van der Waals surface area (Å²) in [5, 5.41) is 2.64. The summed E-state index contributed by atoms with van der Waals surface area (Å²) in [6.45, 7) is 4.30. The summed E-state index contributed by atoms with van der Waals surface area (Å²) in [5.74, 6) is -2.95. The van der Waals surface area contributed by atoms with Gasteiger partial charge >= 0.3 is 0 Å². The Morgan fingerprint density at radius 1 is 1.23 bits per heavy atom. The van der Waals surface area contributed by atoms with E-state index in [1.807, 2.05) is 12.1 Å². The van der Waals surface area contributed by atoms with Crippen molar-refractivity contribution in [3.8, 4) is 0 Å². The van der Waals surface area contributed by atoms with Gasteiger partial charge in [-0.3, -0.25) is 10.1 Å². The van der Waals surface area contributed by atoms with Crippen molar-refractivity contribution in [3.63, 3.8) is 0 Å². The molecule has 22 heavy (non-hydrogen) atoms. The van der Waals surface area contributed by atoms with E-state index in [-0.39, 0.29) is 12.3 Å². The molecule has 0 aromatic heterocycles. The van der Waals surface area contributed by atoms with Crippen LogP contribution in [-0.2, 0) is 4.79 Å². The Labute approximate surface area is 129 Å². The second-order valence-electron chi connectivity index (χ2n) is 6.09. The molecule has 0 radical (unpaired) electrons. The van der Waals surface area contributed by atoms with Gasteiger partial charge in [-0.1, -0.05) is 18.2 Å². The Bertz CT molecular complexity index is 556. The highest BCUT2D eigenvalue weighted by Gasteiger charge is 2.43. The van der Waals surface area contributed by atoms with Crippen LogP contribution in [-0.4, -0.2) is 55.5 Å². The number of carbonyl (C=O) groups is 1. The number of anilines is 1. The lowest BCUT2D eigenvalue weighted by molar-refractivity contribution is -0.134. The highest BCUT2D eigenvalue weighted by atomic mass is 19.3. The number of aryl methyl sites for hydroxylation is 1. The first-order valence-electron chi connectivity index (χ1n) is 7.67. The molecule has 1 amide bonds. The van der Waals surface area contributed by atoms with Crippen molar-refractivity contribution in [1.29, 1.82) is 0 Å². The van der Waals surface area contributed by atoms with Crippen LogP contribution in [0.15, 0.2) is 24.3 Å². The fraction of sp³-hybridized carbons (Fsp3) is 0.562. The van der Waals surface area contributed by atoms with E-state index >= 15 is 0 Å². The third-order valence-corrected chi connectivity index (χ3v) is 4.46. The summed E-state index contributed by atoms with van der Waals surface area (Å²) in [5.41, 5.74) is 2.39. The van der Waals surface area contributed by atoms with Crippen molar-refractivity contribution in [3.05, 3.63) is 29.8 Å². The zero-order valence-corrected chi connectivity index (χ0v) is 12.7. The molecule has 2 saturated heterocycles. The molecule has 2 fully saturated rings. The zero-order valence-electron chi connectivity index (χ0n) is 12.7. The molecule has 1 N–H and O–H groups in total. The Morgan fingerprint density at radius 3 is 2.50 bits per heavy atom. The second kappa shape index (κ2) is 5.83. The van der Waals surface area contributed by atoms with Gasteiger partial charge in [-0.15, -0.1) is 0 Å². The standard InChI is InChI=1S/C16H21F2N3O/c1-12-4-2-3-5-14(12)20-6-8-21(9-7-20)15(22)13-10-16(17,18)11-19-13/h2-5,13,19H,6-11H2,1H3. The number of halogens is 2. The van der Waals surface area contributed by atoms with Crippen molar-refractivity contribution in [2.45, 2.75) is 25.3 Å². The Kier molecular flexibility index (Phi) is 4.04. The van der Waals surface area contributed by atoms with Crippen LogP contribution in [0.3, 0.4) is 0 Å². The lowest BCUT2D eigenvalue weighted by atomic mass is 10.1. The minimum Gasteiger partial charge on any atom is -0.368 e. The molecular weight excluding hydrogens is 288 g/mol. The summed E-state index contributed by atoms with van der Waals surface area (Å²) >= 11 is 0. The molecule has 1 unspecified atom stereocenters. The lowest BCUT2D eigenvalue weighted by Crippen LogP contribution is -2.53. The first-order valence-corrected chi connectivity index (χ1v) is 7.67. The van der Waals surface area contributed by atoms with Crippen LogP contribution in [0, 0.1) is 6.92 Å². The third-order valence-electron chi connectivity index (χ3n) is 4.46. The zero-order chi connectivity index (χ0) is 15.7. The highest BCUT2D eigenvalue weighted by Crippen LogP contribution is 2.27. The van der Waals surface area contributed by atoms with Crippen molar-refractivity contribution in [2.24, 2.45) is 0 Å². The quantitative estimate of drug-likeness (QED) is 0.902. The van der Waals surface area contributed by atoms with Gasteiger partial charge in [0.15, 0.2) is 0 Å². The largest absolute Gasteiger partial charge is 0.368 e. The van der Waals surface area contributed by atoms with E-state index in [1.165, 1.54) is 11.3 Å². The summed E-state index contributed by atoms with van der Waals surface area (Å²) in [7, 11) is 0. The summed E-state index contributed by atoms with van der Waals surface area (Å²) in [4.78, 5) is 16.3. The van der Waals surface area contributed by atoms with E-state index in [0.717, 1.165) is 13.1 Å². The van der Waals surface area contributed by atoms with Crippen molar-refractivity contribution in [1.82, 2.24) is 10.2 Å². The molecule has 0 spiro atoms. The lowest BCUT2D eigenvalue weighted by Gasteiger charge is -2.37. The molecule has 2 aliphatic rings. The molecule has 120 valence electrons. The summed E-state index contributed by atoms with van der Waals surface area (Å²) in [6.07, 6.45) is -0.385. The molecular formula is C16H21F2N3O. The molecule has 1 aromatic carbocycles. The van der Waals surface area contributed by atoms with Gasteiger partial charge < -0.3 is 9.80 Å². The number of nitrogens with zero attached hydrogens (tertiary/aromatic N) is 2. The average molecular weight is 309 g/mol. The van der Waals surface area contributed by atoms with E-state index in [2.05, 4.69) is 29.3 Å². The smallest absolute Gasteiger partial charge is 0.262 e. The fourth-order valence-electron chi connectivity index (χ4n) is 3.20. The molecule has 6 heteroatoms. The van der Waals surface area contributed by atoms with Crippen LogP contribution in [0.1, 0.15) is 12.0 Å². The molecule has 0 aliphatic carbocycles. The van der Waals surface area contributed by atoms with Crippen molar-refractivity contribution >= 4 is 11.6 Å². The molecule has 4 nitrogen and oxygen atoms in total. The Balaban J connectivity index is 1.58. The molecule has 1 atom stereocenters. The van der Waals surface area contributed by atoms with E-state index < -0.39 is 18.5 Å². The minimum absolute atomic E-state index is 0.193. The number of nitrogens with one attached hydrogen (secondary N) is 1. The first kappa shape index (κ1) is 15.2. The van der Waals surface area contributed by atoms with E-state index in [1.54, 1.807) is 4.90 Å². The number of piperazine rings is 1. The molecule has 0 saturated carbocycles. The predicted octanol–water partition coefficient (Wildman–Crippen LogP) is 1.64. The molecule has 3 rings (SSSR count). The number of para-hydroxylation sites is 1. The number of carbonyl (C=O) groups excluding carboxylic acids is 1. The van der Waals surface area contributed by atoms with Gasteiger partial charge in [0.1, 0.15) is 0 Å². The van der Waals surface area contributed by atoms with Crippen molar-refractivity contribution in [2.75, 3.05) is 37.6 Å². The topological polar surface area (TPSA) is 35.6 Å². The maximum absolute atomic E-state index is 13.2. The van der Waals surface area contributed by atoms with Gasteiger partial charge in [-0.25, -0.2) is 8.78 Å². The Hall–Kier alpha value is -1.69. The average Bonchev–Trinajstić information content (AvgIpc) is 2.87. The SMILES string of the molecule is Cc1ccccc1N1CCN(C(=O)C2CC(F)(F)CN2)CC1. The summed E-state index contributed by atoms with van der Waals surface area (Å²) < 4.78 is 26.4.